The highest BCUT2D eigenvalue weighted by Gasteiger charge is 2.36. The fourth-order valence-electron chi connectivity index (χ4n) is 4.91. The van der Waals surface area contributed by atoms with E-state index in [1.54, 1.807) is 0 Å². The van der Waals surface area contributed by atoms with Gasteiger partial charge in [0.1, 0.15) is 0 Å². The van der Waals surface area contributed by atoms with Crippen molar-refractivity contribution in [2.45, 2.75) is 45.3 Å². The molecule has 0 amide bonds. The smallest absolute Gasteiger partial charge is 0.0641 e. The topological polar surface area (TPSA) is 45.1 Å². The zero-order chi connectivity index (χ0) is 21.4. The number of nitrogens with one attached hydrogen (secondary N) is 2. The van der Waals surface area contributed by atoms with Gasteiger partial charge in [-0.3, -0.25) is 15.0 Å². The third kappa shape index (κ3) is 4.31. The van der Waals surface area contributed by atoms with Crippen LogP contribution in [0.4, 0.5) is 0 Å². The summed E-state index contributed by atoms with van der Waals surface area (Å²) in [5.41, 5.74) is 14.7. The largest absolute Gasteiger partial charge is 0.296 e. The van der Waals surface area contributed by atoms with Crippen LogP contribution in [0.5, 0.6) is 0 Å². The first-order chi connectivity index (χ1) is 15.1. The molecule has 3 aromatic rings. The average Bonchev–Trinajstić information content (AvgIpc) is 3.49. The summed E-state index contributed by atoms with van der Waals surface area (Å²) in [6.07, 6.45) is 2.64. The summed E-state index contributed by atoms with van der Waals surface area (Å²) >= 11 is 0. The van der Waals surface area contributed by atoms with Gasteiger partial charge in [-0.15, -0.1) is 0 Å². The molecule has 1 aromatic heterocycles. The van der Waals surface area contributed by atoms with E-state index in [1.807, 2.05) is 11.7 Å². The lowest BCUT2D eigenvalue weighted by Gasteiger charge is -2.28. The first-order valence-corrected chi connectivity index (χ1v) is 11.5. The summed E-state index contributed by atoms with van der Waals surface area (Å²) in [5.74, 6) is 0.542. The molecule has 2 fully saturated rings. The second-order valence-corrected chi connectivity index (χ2v) is 9.18. The maximum atomic E-state index is 4.64. The minimum Gasteiger partial charge on any atom is -0.296 e. The van der Waals surface area contributed by atoms with Crippen molar-refractivity contribution in [2.75, 3.05) is 13.1 Å². The maximum Gasteiger partial charge on any atom is 0.0641 e. The van der Waals surface area contributed by atoms with E-state index in [4.69, 9.17) is 0 Å². The molecule has 5 nitrogen and oxygen atoms in total. The highest BCUT2D eigenvalue weighted by atomic mass is 15.4. The van der Waals surface area contributed by atoms with Crippen LogP contribution in [0, 0.1) is 19.8 Å². The molecule has 1 saturated carbocycles. The molecule has 5 heteroatoms. The molecule has 31 heavy (non-hydrogen) atoms. The van der Waals surface area contributed by atoms with E-state index in [-0.39, 0.29) is 0 Å². The molecule has 2 aromatic carbocycles. The standard InChI is InChI=1S/C26H33N5/c1-18-25(19(2)30(3)29-18)17-31(24-13-14-24)16-23-15-27-28-26(23)22-11-9-21(10-12-22)20-7-5-4-6-8-20/h4-12,23-24,26-28H,13-17H2,1-3H3. The predicted octanol–water partition coefficient (Wildman–Crippen LogP) is 4.13. The Labute approximate surface area is 185 Å². The normalized spacial score (nSPS) is 21.2. The monoisotopic (exact) mass is 415 g/mol. The van der Waals surface area contributed by atoms with Gasteiger partial charge >= 0.3 is 0 Å². The van der Waals surface area contributed by atoms with Crippen LogP contribution in [0.25, 0.3) is 11.1 Å². The zero-order valence-electron chi connectivity index (χ0n) is 18.8. The molecule has 2 unspecified atom stereocenters. The lowest BCUT2D eigenvalue weighted by Crippen LogP contribution is -2.34. The Morgan fingerprint density at radius 1 is 1.00 bits per heavy atom. The quantitative estimate of drug-likeness (QED) is 0.609. The number of benzene rings is 2. The van der Waals surface area contributed by atoms with Crippen molar-refractivity contribution in [3.05, 3.63) is 77.1 Å². The lowest BCUT2D eigenvalue weighted by atomic mass is 9.92. The first-order valence-electron chi connectivity index (χ1n) is 11.5. The lowest BCUT2D eigenvalue weighted by molar-refractivity contribution is 0.208. The Kier molecular flexibility index (Phi) is 5.65. The molecule has 162 valence electrons. The number of rotatable bonds is 7. The fraction of sp³-hybridized carbons (Fsp3) is 0.423. The Bertz CT molecular complexity index is 1020. The van der Waals surface area contributed by atoms with Gasteiger partial charge in [0.25, 0.3) is 0 Å². The molecule has 2 aliphatic rings. The molecular formula is C26H33N5. The number of hydrazine groups is 1. The Hall–Kier alpha value is -2.47. The number of aromatic nitrogens is 2. The molecule has 0 spiro atoms. The van der Waals surface area contributed by atoms with Crippen LogP contribution in [0.15, 0.2) is 54.6 Å². The van der Waals surface area contributed by atoms with Gasteiger partial charge in [0.15, 0.2) is 0 Å². The molecule has 0 bridgehead atoms. The highest BCUT2D eigenvalue weighted by molar-refractivity contribution is 5.63. The van der Waals surface area contributed by atoms with E-state index >= 15 is 0 Å². The Morgan fingerprint density at radius 2 is 1.71 bits per heavy atom. The van der Waals surface area contributed by atoms with Crippen molar-refractivity contribution in [1.29, 1.82) is 0 Å². The summed E-state index contributed by atoms with van der Waals surface area (Å²) in [6.45, 7) is 7.44. The highest BCUT2D eigenvalue weighted by Crippen LogP contribution is 2.34. The van der Waals surface area contributed by atoms with Crippen LogP contribution < -0.4 is 10.9 Å². The molecule has 1 aliphatic heterocycles. The van der Waals surface area contributed by atoms with E-state index in [0.717, 1.165) is 25.7 Å². The zero-order valence-corrected chi connectivity index (χ0v) is 18.8. The minimum atomic E-state index is 0.335. The maximum absolute atomic E-state index is 4.64. The summed E-state index contributed by atoms with van der Waals surface area (Å²) < 4.78 is 2.02. The van der Waals surface area contributed by atoms with Crippen LogP contribution in [-0.4, -0.2) is 33.8 Å². The van der Waals surface area contributed by atoms with E-state index < -0.39 is 0 Å². The number of aryl methyl sites for hydroxylation is 2. The Morgan fingerprint density at radius 3 is 2.35 bits per heavy atom. The van der Waals surface area contributed by atoms with Crippen molar-refractivity contribution >= 4 is 0 Å². The fourth-order valence-corrected chi connectivity index (χ4v) is 4.91. The number of hydrogen-bond donors (Lipinski definition) is 2. The van der Waals surface area contributed by atoms with Gasteiger partial charge in [0, 0.05) is 49.9 Å². The average molecular weight is 416 g/mol. The van der Waals surface area contributed by atoms with Crippen molar-refractivity contribution < 1.29 is 0 Å². The molecule has 5 rings (SSSR count). The second-order valence-electron chi connectivity index (χ2n) is 9.18. The van der Waals surface area contributed by atoms with Gasteiger partial charge in [-0.1, -0.05) is 54.6 Å². The second kappa shape index (κ2) is 8.58. The molecule has 1 saturated heterocycles. The van der Waals surface area contributed by atoms with Crippen molar-refractivity contribution in [2.24, 2.45) is 13.0 Å². The van der Waals surface area contributed by atoms with E-state index in [9.17, 15) is 0 Å². The third-order valence-electron chi connectivity index (χ3n) is 7.02. The van der Waals surface area contributed by atoms with Crippen LogP contribution in [0.2, 0.25) is 0 Å². The summed E-state index contributed by atoms with van der Waals surface area (Å²) in [5, 5.41) is 4.64. The van der Waals surface area contributed by atoms with E-state index in [2.05, 4.69) is 89.3 Å². The summed E-state index contributed by atoms with van der Waals surface area (Å²) in [7, 11) is 2.05. The van der Waals surface area contributed by atoms with Gasteiger partial charge in [-0.2, -0.15) is 5.10 Å². The van der Waals surface area contributed by atoms with Crippen LogP contribution in [-0.2, 0) is 13.6 Å². The van der Waals surface area contributed by atoms with Crippen molar-refractivity contribution in [3.63, 3.8) is 0 Å². The number of hydrogen-bond acceptors (Lipinski definition) is 4. The number of nitrogens with zero attached hydrogens (tertiary/aromatic N) is 3. The van der Waals surface area contributed by atoms with E-state index in [1.165, 1.54) is 46.5 Å². The van der Waals surface area contributed by atoms with Crippen LogP contribution >= 0.6 is 0 Å². The Balaban J connectivity index is 1.31. The molecule has 2 N–H and O–H groups in total. The molecule has 0 radical (unpaired) electrons. The molecule has 1 aliphatic carbocycles. The molecular weight excluding hydrogens is 382 g/mol. The van der Waals surface area contributed by atoms with Crippen LogP contribution in [0.3, 0.4) is 0 Å². The first kappa shape index (κ1) is 20.4. The molecule has 2 atom stereocenters. The molecule has 2 heterocycles. The predicted molar refractivity (Wildman–Crippen MR) is 125 cm³/mol. The third-order valence-corrected chi connectivity index (χ3v) is 7.02. The van der Waals surface area contributed by atoms with Crippen LogP contribution in [0.1, 0.15) is 41.4 Å². The summed E-state index contributed by atoms with van der Waals surface area (Å²) in [6, 6.07) is 20.7. The van der Waals surface area contributed by atoms with Crippen molar-refractivity contribution in [1.82, 2.24) is 25.5 Å². The minimum absolute atomic E-state index is 0.335. The van der Waals surface area contributed by atoms with Gasteiger partial charge in [-0.25, -0.2) is 5.43 Å². The van der Waals surface area contributed by atoms with Gasteiger partial charge in [0.2, 0.25) is 0 Å². The van der Waals surface area contributed by atoms with Crippen molar-refractivity contribution in [3.8, 4) is 11.1 Å². The van der Waals surface area contributed by atoms with Gasteiger partial charge in [0.05, 0.1) is 11.7 Å². The van der Waals surface area contributed by atoms with E-state index in [0.29, 0.717) is 12.0 Å². The van der Waals surface area contributed by atoms with Gasteiger partial charge in [-0.05, 0) is 43.4 Å². The SMILES string of the molecule is Cc1nn(C)c(C)c1CN(CC1CNNC1c1ccc(-c2ccccc2)cc1)C1CC1. The van der Waals surface area contributed by atoms with Gasteiger partial charge < -0.3 is 0 Å². The summed E-state index contributed by atoms with van der Waals surface area (Å²) in [4.78, 5) is 2.70.